The van der Waals surface area contributed by atoms with Gasteiger partial charge in [-0.3, -0.25) is 4.99 Å². The van der Waals surface area contributed by atoms with Crippen molar-refractivity contribution in [3.8, 4) is 0 Å². The SMILES string of the molecule is CCOC(=O)c1sc(C(C)NC(=NC)NCc2ccc(F)c(COC)c2)nc1C.I. The predicted molar refractivity (Wildman–Crippen MR) is 127 cm³/mol. The second-order valence-electron chi connectivity index (χ2n) is 6.34. The molecule has 0 bridgehead atoms. The second kappa shape index (κ2) is 12.8. The largest absolute Gasteiger partial charge is 0.462 e. The van der Waals surface area contributed by atoms with E-state index in [4.69, 9.17) is 9.47 Å². The van der Waals surface area contributed by atoms with E-state index in [2.05, 4.69) is 20.6 Å². The van der Waals surface area contributed by atoms with Crippen LogP contribution in [0.3, 0.4) is 0 Å². The fourth-order valence-corrected chi connectivity index (χ4v) is 3.60. The standard InChI is InChI=1S/C20H27FN4O3S.HI/c1-6-28-19(26)17-12(2)24-18(29-17)13(3)25-20(22-4)23-10-14-7-8-16(21)15(9-14)11-27-5;/h7-9,13H,6,10-11H2,1-5H3,(H2,22,23,25);1H. The maximum absolute atomic E-state index is 13.7. The molecule has 1 aromatic carbocycles. The number of hydrogen-bond donors (Lipinski definition) is 2. The van der Waals surface area contributed by atoms with Crippen LogP contribution in [0.25, 0.3) is 0 Å². The van der Waals surface area contributed by atoms with Gasteiger partial charge in [0, 0.05) is 26.3 Å². The molecule has 2 aromatic rings. The van der Waals surface area contributed by atoms with Crippen LogP contribution < -0.4 is 10.6 Å². The van der Waals surface area contributed by atoms with E-state index < -0.39 is 0 Å². The molecule has 1 unspecified atom stereocenters. The summed E-state index contributed by atoms with van der Waals surface area (Å²) in [5.74, 6) is -0.0736. The lowest BCUT2D eigenvalue weighted by Crippen LogP contribution is -2.38. The van der Waals surface area contributed by atoms with E-state index in [1.807, 2.05) is 6.92 Å². The van der Waals surface area contributed by atoms with Gasteiger partial charge in [-0.1, -0.05) is 6.07 Å². The maximum atomic E-state index is 13.7. The van der Waals surface area contributed by atoms with Crippen LogP contribution in [0.2, 0.25) is 0 Å². The van der Waals surface area contributed by atoms with Crippen molar-refractivity contribution in [2.75, 3.05) is 20.8 Å². The first kappa shape index (κ1) is 26.2. The van der Waals surface area contributed by atoms with Gasteiger partial charge in [-0.05, 0) is 38.5 Å². The molecule has 0 amide bonds. The summed E-state index contributed by atoms with van der Waals surface area (Å²) in [7, 11) is 3.20. The van der Waals surface area contributed by atoms with E-state index in [-0.39, 0.29) is 48.4 Å². The monoisotopic (exact) mass is 550 g/mol. The number of thiazole rings is 1. The number of guanidine groups is 1. The molecule has 0 aliphatic carbocycles. The van der Waals surface area contributed by atoms with Gasteiger partial charge >= 0.3 is 5.97 Å². The van der Waals surface area contributed by atoms with Gasteiger partial charge in [0.25, 0.3) is 0 Å². The number of aromatic nitrogens is 1. The third kappa shape index (κ3) is 7.17. The minimum absolute atomic E-state index is 0. The van der Waals surface area contributed by atoms with Crippen molar-refractivity contribution >= 4 is 47.2 Å². The number of halogens is 2. The highest BCUT2D eigenvalue weighted by Gasteiger charge is 2.20. The van der Waals surface area contributed by atoms with E-state index in [1.165, 1.54) is 24.5 Å². The van der Waals surface area contributed by atoms with Gasteiger partial charge in [-0.25, -0.2) is 14.2 Å². The molecule has 0 saturated heterocycles. The fraction of sp³-hybridized carbons (Fsp3) is 0.450. The first-order chi connectivity index (χ1) is 13.9. The number of nitrogens with zero attached hydrogens (tertiary/aromatic N) is 2. The Morgan fingerprint density at radius 3 is 2.77 bits per heavy atom. The Morgan fingerprint density at radius 1 is 1.40 bits per heavy atom. The van der Waals surface area contributed by atoms with Crippen molar-refractivity contribution in [3.63, 3.8) is 0 Å². The van der Waals surface area contributed by atoms with E-state index in [0.29, 0.717) is 35.2 Å². The Bertz CT molecular complexity index is 876. The van der Waals surface area contributed by atoms with E-state index in [0.717, 1.165) is 10.6 Å². The number of rotatable bonds is 8. The summed E-state index contributed by atoms with van der Waals surface area (Å²) >= 11 is 1.31. The Labute approximate surface area is 197 Å². The van der Waals surface area contributed by atoms with Crippen molar-refractivity contribution in [2.24, 2.45) is 4.99 Å². The summed E-state index contributed by atoms with van der Waals surface area (Å²) in [5.41, 5.74) is 2.06. The third-order valence-electron chi connectivity index (χ3n) is 4.09. The maximum Gasteiger partial charge on any atom is 0.350 e. The van der Waals surface area contributed by atoms with Gasteiger partial charge in [-0.15, -0.1) is 35.3 Å². The van der Waals surface area contributed by atoms with Crippen molar-refractivity contribution in [1.82, 2.24) is 15.6 Å². The molecule has 1 aromatic heterocycles. The Balaban J connectivity index is 0.00000450. The summed E-state index contributed by atoms with van der Waals surface area (Å²) < 4.78 is 23.8. The Hall–Kier alpha value is -1.79. The number of aliphatic imine (C=N–C) groups is 1. The Morgan fingerprint density at radius 2 is 2.13 bits per heavy atom. The lowest BCUT2D eigenvalue weighted by Gasteiger charge is -2.16. The zero-order chi connectivity index (χ0) is 21.4. The highest BCUT2D eigenvalue weighted by atomic mass is 127. The van der Waals surface area contributed by atoms with Gasteiger partial charge < -0.3 is 20.1 Å². The summed E-state index contributed by atoms with van der Waals surface area (Å²) in [6.07, 6.45) is 0. The van der Waals surface area contributed by atoms with Crippen molar-refractivity contribution < 1.29 is 18.7 Å². The molecule has 30 heavy (non-hydrogen) atoms. The highest BCUT2D eigenvalue weighted by molar-refractivity contribution is 14.0. The van der Waals surface area contributed by atoms with Crippen molar-refractivity contribution in [3.05, 3.63) is 50.7 Å². The number of methoxy groups -OCH3 is 1. The molecule has 7 nitrogen and oxygen atoms in total. The molecule has 10 heteroatoms. The smallest absolute Gasteiger partial charge is 0.350 e. The van der Waals surface area contributed by atoms with Gasteiger partial charge in [0.15, 0.2) is 5.96 Å². The van der Waals surface area contributed by atoms with Crippen LogP contribution in [0.4, 0.5) is 4.39 Å². The van der Waals surface area contributed by atoms with Crippen molar-refractivity contribution in [1.29, 1.82) is 0 Å². The van der Waals surface area contributed by atoms with Crippen LogP contribution in [0.1, 0.15) is 51.4 Å². The number of benzene rings is 1. The van der Waals surface area contributed by atoms with Crippen LogP contribution in [0.5, 0.6) is 0 Å². The van der Waals surface area contributed by atoms with Crippen LogP contribution in [-0.2, 0) is 22.6 Å². The lowest BCUT2D eigenvalue weighted by atomic mass is 10.1. The minimum atomic E-state index is -0.355. The number of nitrogens with one attached hydrogen (secondary N) is 2. The molecule has 0 radical (unpaired) electrons. The summed E-state index contributed by atoms with van der Waals surface area (Å²) in [6, 6.07) is 4.75. The number of aryl methyl sites for hydroxylation is 1. The zero-order valence-electron chi connectivity index (χ0n) is 17.7. The molecule has 2 N–H and O–H groups in total. The van der Waals surface area contributed by atoms with Crippen LogP contribution >= 0.6 is 35.3 Å². The van der Waals surface area contributed by atoms with Gasteiger partial charge in [0.2, 0.25) is 0 Å². The number of carbonyl (C=O) groups is 1. The summed E-state index contributed by atoms with van der Waals surface area (Å²) in [4.78, 5) is 21.2. The summed E-state index contributed by atoms with van der Waals surface area (Å²) in [6.45, 7) is 6.51. The minimum Gasteiger partial charge on any atom is -0.462 e. The van der Waals surface area contributed by atoms with Crippen LogP contribution in [-0.4, -0.2) is 37.7 Å². The molecular weight excluding hydrogens is 522 g/mol. The lowest BCUT2D eigenvalue weighted by molar-refractivity contribution is 0.0531. The molecular formula is C20H28FIN4O3S. The van der Waals surface area contributed by atoms with Crippen LogP contribution in [0, 0.1) is 12.7 Å². The topological polar surface area (TPSA) is 84.8 Å². The highest BCUT2D eigenvalue weighted by Crippen LogP contribution is 2.24. The molecule has 0 aliphatic rings. The molecule has 1 atom stereocenters. The van der Waals surface area contributed by atoms with Crippen LogP contribution in [0.15, 0.2) is 23.2 Å². The van der Waals surface area contributed by atoms with E-state index in [9.17, 15) is 9.18 Å². The van der Waals surface area contributed by atoms with Gasteiger partial charge in [-0.2, -0.15) is 0 Å². The van der Waals surface area contributed by atoms with Gasteiger partial charge in [0.05, 0.1) is 24.9 Å². The Kier molecular flexibility index (Phi) is 11.2. The molecule has 1 heterocycles. The number of ether oxygens (including phenoxy) is 2. The summed E-state index contributed by atoms with van der Waals surface area (Å²) in [5, 5.41) is 7.21. The molecule has 0 aliphatic heterocycles. The average Bonchev–Trinajstić information content (AvgIpc) is 3.09. The van der Waals surface area contributed by atoms with E-state index in [1.54, 1.807) is 33.0 Å². The first-order valence-electron chi connectivity index (χ1n) is 9.27. The van der Waals surface area contributed by atoms with Crippen molar-refractivity contribution in [2.45, 2.75) is 40.0 Å². The van der Waals surface area contributed by atoms with Gasteiger partial charge in [0.1, 0.15) is 15.7 Å². The quantitative estimate of drug-likeness (QED) is 0.224. The molecule has 2 rings (SSSR count). The second-order valence-corrected chi connectivity index (χ2v) is 7.37. The normalized spacial score (nSPS) is 12.1. The number of esters is 1. The zero-order valence-corrected chi connectivity index (χ0v) is 20.9. The number of carbonyl (C=O) groups excluding carboxylic acids is 1. The third-order valence-corrected chi connectivity index (χ3v) is 5.41. The fourth-order valence-electron chi connectivity index (χ4n) is 2.64. The molecule has 0 spiro atoms. The molecule has 0 saturated carbocycles. The molecule has 166 valence electrons. The molecule has 0 fully saturated rings. The average molecular weight is 550 g/mol. The van der Waals surface area contributed by atoms with E-state index >= 15 is 0 Å². The first-order valence-corrected chi connectivity index (χ1v) is 10.1. The number of hydrogen-bond acceptors (Lipinski definition) is 6. The predicted octanol–water partition coefficient (Wildman–Crippen LogP) is 3.96.